The Labute approximate surface area is 216 Å². The Kier molecular flexibility index (Phi) is 12.4. The van der Waals surface area contributed by atoms with E-state index in [0.717, 1.165) is 28.0 Å². The number of aryl methyl sites for hydroxylation is 6. The normalized spacial score (nSPS) is 10.8. The summed E-state index contributed by atoms with van der Waals surface area (Å²) in [6.45, 7) is 12.9. The van der Waals surface area contributed by atoms with Crippen LogP contribution < -0.4 is 14.2 Å². The topological polar surface area (TPSA) is 27.7 Å². The lowest BCUT2D eigenvalue weighted by Crippen LogP contribution is -2.17. The van der Waals surface area contributed by atoms with Crippen LogP contribution in [0.4, 0.5) is 22.0 Å². The van der Waals surface area contributed by atoms with Gasteiger partial charge in [-0.15, -0.1) is 13.2 Å². The highest BCUT2D eigenvalue weighted by Crippen LogP contribution is 2.24. The lowest BCUT2D eigenvalue weighted by molar-refractivity contribution is -0.274. The molecule has 3 aromatic rings. The van der Waals surface area contributed by atoms with Crippen molar-refractivity contribution in [1.29, 1.82) is 0 Å². The summed E-state index contributed by atoms with van der Waals surface area (Å²) in [5.41, 5.74) is 6.33. The highest BCUT2D eigenvalue weighted by atomic mass is 19.4. The molecule has 0 saturated carbocycles. The van der Waals surface area contributed by atoms with Gasteiger partial charge in [0.05, 0.1) is 6.10 Å². The van der Waals surface area contributed by atoms with Crippen molar-refractivity contribution >= 4 is 0 Å². The van der Waals surface area contributed by atoms with E-state index in [0.29, 0.717) is 0 Å². The van der Waals surface area contributed by atoms with Crippen molar-refractivity contribution in [2.24, 2.45) is 0 Å². The van der Waals surface area contributed by atoms with Crippen LogP contribution in [0.25, 0.3) is 0 Å². The first-order chi connectivity index (χ1) is 17.1. The molecular formula is C29H35F5O3. The zero-order valence-electron chi connectivity index (χ0n) is 22.5. The fraction of sp³-hybridized carbons (Fsp3) is 0.379. The van der Waals surface area contributed by atoms with E-state index in [2.05, 4.69) is 35.5 Å². The third-order valence-electron chi connectivity index (χ3n) is 5.27. The summed E-state index contributed by atoms with van der Waals surface area (Å²) in [6, 6.07) is 15.3. The first kappa shape index (κ1) is 31.7. The quantitative estimate of drug-likeness (QED) is 0.310. The van der Waals surface area contributed by atoms with Gasteiger partial charge >= 0.3 is 13.0 Å². The van der Waals surface area contributed by atoms with Crippen molar-refractivity contribution in [2.45, 2.75) is 74.5 Å². The summed E-state index contributed by atoms with van der Waals surface area (Å²) in [7, 11) is 0. The molecule has 0 aromatic heterocycles. The molecule has 0 unspecified atom stereocenters. The van der Waals surface area contributed by atoms with E-state index in [-0.39, 0.29) is 17.6 Å². The molecule has 3 rings (SSSR count). The molecule has 0 fully saturated rings. The highest BCUT2D eigenvalue weighted by molar-refractivity contribution is 5.35. The smallest absolute Gasteiger partial charge is 0.491 e. The molecular weight excluding hydrogens is 491 g/mol. The minimum atomic E-state index is -4.61. The van der Waals surface area contributed by atoms with Gasteiger partial charge < -0.3 is 14.2 Å². The van der Waals surface area contributed by atoms with Crippen LogP contribution >= 0.6 is 0 Å². The Morgan fingerprint density at radius 2 is 0.892 bits per heavy atom. The van der Waals surface area contributed by atoms with Gasteiger partial charge in [-0.2, -0.15) is 8.78 Å². The van der Waals surface area contributed by atoms with E-state index in [1.54, 1.807) is 25.1 Å². The van der Waals surface area contributed by atoms with Gasteiger partial charge in [0.15, 0.2) is 0 Å². The van der Waals surface area contributed by atoms with Gasteiger partial charge in [0.1, 0.15) is 17.2 Å². The van der Waals surface area contributed by atoms with Crippen molar-refractivity contribution in [3.05, 3.63) is 88.0 Å². The average molecular weight is 527 g/mol. The van der Waals surface area contributed by atoms with Gasteiger partial charge in [-0.05, 0) is 125 Å². The zero-order valence-corrected chi connectivity index (χ0v) is 22.5. The van der Waals surface area contributed by atoms with E-state index in [1.165, 1.54) is 29.3 Å². The molecule has 0 aliphatic rings. The molecule has 3 nitrogen and oxygen atoms in total. The molecule has 0 spiro atoms. The van der Waals surface area contributed by atoms with E-state index in [9.17, 15) is 22.0 Å². The second kappa shape index (κ2) is 14.4. The van der Waals surface area contributed by atoms with Crippen LogP contribution in [0.3, 0.4) is 0 Å². The van der Waals surface area contributed by atoms with Crippen LogP contribution in [0.1, 0.15) is 47.2 Å². The van der Waals surface area contributed by atoms with Gasteiger partial charge in [0, 0.05) is 0 Å². The van der Waals surface area contributed by atoms with E-state index in [1.807, 2.05) is 40.7 Å². The summed E-state index contributed by atoms with van der Waals surface area (Å²) >= 11 is 0. The highest BCUT2D eigenvalue weighted by Gasteiger charge is 2.31. The summed E-state index contributed by atoms with van der Waals surface area (Å²) in [5, 5.41) is 0. The van der Waals surface area contributed by atoms with Crippen molar-refractivity contribution in [1.82, 2.24) is 0 Å². The second-order valence-electron chi connectivity index (χ2n) is 8.83. The van der Waals surface area contributed by atoms with Gasteiger partial charge in [0.2, 0.25) is 0 Å². The lowest BCUT2D eigenvalue weighted by atomic mass is 10.1. The van der Waals surface area contributed by atoms with Crippen molar-refractivity contribution in [2.75, 3.05) is 0 Å². The summed E-state index contributed by atoms with van der Waals surface area (Å²) < 4.78 is 72.2. The SMILES string of the molecule is Cc1ccc(OC(C)C)cc1C.Cc1ccc(OC(F)(F)F)cc1C.Cc1ccc(OC(F)F)cc1C. The standard InChI is InChI=1S/C11H16O.C9H9F3O.C9H10F2O/c1-8(2)12-11-6-5-9(3)10(4)7-11;1-6-3-4-8(5-7(6)2)13-9(10,11)12;1-6-3-4-8(5-7(6)2)12-9(10)11/h5-8H,1-4H3;3-5H,1-2H3;3-5,9H,1-2H3. The number of hydrogen-bond acceptors (Lipinski definition) is 3. The summed E-state index contributed by atoms with van der Waals surface area (Å²) in [5.74, 6) is 1.01. The molecule has 3 aromatic carbocycles. The van der Waals surface area contributed by atoms with E-state index in [4.69, 9.17) is 4.74 Å². The number of hydrogen-bond donors (Lipinski definition) is 0. The first-order valence-corrected chi connectivity index (χ1v) is 11.7. The summed E-state index contributed by atoms with van der Waals surface area (Å²) in [6.07, 6.45) is -4.35. The Morgan fingerprint density at radius 1 is 0.541 bits per heavy atom. The van der Waals surface area contributed by atoms with Crippen LogP contribution in [0, 0.1) is 41.5 Å². The molecule has 0 aliphatic heterocycles. The minimum Gasteiger partial charge on any atom is -0.491 e. The van der Waals surface area contributed by atoms with Crippen LogP contribution in [-0.2, 0) is 0 Å². The largest absolute Gasteiger partial charge is 0.573 e. The molecule has 0 bridgehead atoms. The van der Waals surface area contributed by atoms with Crippen LogP contribution in [0.15, 0.2) is 54.6 Å². The Morgan fingerprint density at radius 3 is 1.22 bits per heavy atom. The van der Waals surface area contributed by atoms with Gasteiger partial charge in [-0.3, -0.25) is 0 Å². The van der Waals surface area contributed by atoms with Crippen LogP contribution in [0.2, 0.25) is 0 Å². The molecule has 0 amide bonds. The zero-order chi connectivity index (χ0) is 28.3. The van der Waals surface area contributed by atoms with Crippen molar-refractivity contribution in [3.8, 4) is 17.2 Å². The van der Waals surface area contributed by atoms with Crippen LogP contribution in [-0.4, -0.2) is 19.1 Å². The molecule has 204 valence electrons. The molecule has 0 atom stereocenters. The predicted molar refractivity (Wildman–Crippen MR) is 137 cm³/mol. The maximum atomic E-state index is 11.8. The molecule has 0 heterocycles. The van der Waals surface area contributed by atoms with Crippen LogP contribution in [0.5, 0.6) is 17.2 Å². The first-order valence-electron chi connectivity index (χ1n) is 11.7. The predicted octanol–water partition coefficient (Wildman–Crippen LogP) is 9.20. The molecule has 37 heavy (non-hydrogen) atoms. The Hall–Kier alpha value is -3.29. The van der Waals surface area contributed by atoms with E-state index >= 15 is 0 Å². The number of halogens is 5. The second-order valence-corrected chi connectivity index (χ2v) is 8.83. The monoisotopic (exact) mass is 526 g/mol. The third kappa shape index (κ3) is 13.0. The van der Waals surface area contributed by atoms with Gasteiger partial charge in [-0.25, -0.2) is 0 Å². The van der Waals surface area contributed by atoms with E-state index < -0.39 is 13.0 Å². The lowest BCUT2D eigenvalue weighted by Gasteiger charge is -2.10. The Bertz CT molecular complexity index is 1070. The van der Waals surface area contributed by atoms with Gasteiger partial charge in [0.25, 0.3) is 0 Å². The molecule has 0 saturated heterocycles. The van der Waals surface area contributed by atoms with Gasteiger partial charge in [-0.1, -0.05) is 18.2 Å². The fourth-order valence-corrected chi connectivity index (χ4v) is 2.86. The summed E-state index contributed by atoms with van der Waals surface area (Å²) in [4.78, 5) is 0. The molecule has 0 aliphatic carbocycles. The minimum absolute atomic E-state index is 0.171. The number of rotatable bonds is 5. The molecule has 8 heteroatoms. The van der Waals surface area contributed by atoms with Crippen molar-refractivity contribution < 1.29 is 36.2 Å². The average Bonchev–Trinajstić information content (AvgIpc) is 2.75. The van der Waals surface area contributed by atoms with Crippen molar-refractivity contribution in [3.63, 3.8) is 0 Å². The number of benzene rings is 3. The number of ether oxygens (including phenoxy) is 3. The maximum absolute atomic E-state index is 11.8. The Balaban J connectivity index is 0.000000278. The molecule has 0 N–H and O–H groups in total. The molecule has 0 radical (unpaired) electrons. The third-order valence-corrected chi connectivity index (χ3v) is 5.27. The number of alkyl halides is 5. The maximum Gasteiger partial charge on any atom is 0.573 e. The fourth-order valence-electron chi connectivity index (χ4n) is 2.86.